The van der Waals surface area contributed by atoms with E-state index in [0.717, 1.165) is 29.1 Å². The van der Waals surface area contributed by atoms with E-state index in [1.165, 1.54) is 0 Å². The van der Waals surface area contributed by atoms with Crippen LogP contribution in [0.1, 0.15) is 36.4 Å². The zero-order chi connectivity index (χ0) is 20.8. The van der Waals surface area contributed by atoms with Gasteiger partial charge in [-0.2, -0.15) is 5.10 Å². The molecule has 0 aliphatic carbocycles. The van der Waals surface area contributed by atoms with Gasteiger partial charge in [-0.05, 0) is 44.4 Å². The van der Waals surface area contributed by atoms with E-state index in [1.807, 2.05) is 37.6 Å². The summed E-state index contributed by atoms with van der Waals surface area (Å²) in [6.45, 7) is 10.8. The first-order valence-electron chi connectivity index (χ1n) is 9.45. The predicted molar refractivity (Wildman–Crippen MR) is 110 cm³/mol. The lowest BCUT2D eigenvalue weighted by atomic mass is 10.1. The van der Waals surface area contributed by atoms with Crippen molar-refractivity contribution in [3.8, 4) is 5.75 Å². The van der Waals surface area contributed by atoms with Crippen molar-refractivity contribution in [2.45, 2.75) is 47.6 Å². The van der Waals surface area contributed by atoms with Gasteiger partial charge in [0.2, 0.25) is 11.8 Å². The Kier molecular flexibility index (Phi) is 7.20. The third-order valence-electron chi connectivity index (χ3n) is 4.48. The standard InChI is InChI=1S/C21H30N4O3/c1-13(2)12-25-16(5)17(15(4)24-25)10-20(26)22-11-21(27)23-18-9-14(3)7-8-19(18)28-6/h7-9,13H,10-12H2,1-6H3,(H,22,26)(H,23,27). The van der Waals surface area contributed by atoms with E-state index in [0.29, 0.717) is 17.4 Å². The molecule has 1 aromatic heterocycles. The van der Waals surface area contributed by atoms with Crippen molar-refractivity contribution < 1.29 is 14.3 Å². The molecule has 2 N–H and O–H groups in total. The minimum Gasteiger partial charge on any atom is -0.495 e. The smallest absolute Gasteiger partial charge is 0.243 e. The Morgan fingerprint density at radius 2 is 1.89 bits per heavy atom. The minimum atomic E-state index is -0.304. The SMILES string of the molecule is COc1ccc(C)cc1NC(=O)CNC(=O)Cc1c(C)nn(CC(C)C)c1C. The number of nitrogens with one attached hydrogen (secondary N) is 2. The summed E-state index contributed by atoms with van der Waals surface area (Å²) >= 11 is 0. The fourth-order valence-corrected chi connectivity index (χ4v) is 3.03. The molecule has 1 aromatic carbocycles. The first-order valence-corrected chi connectivity index (χ1v) is 9.45. The largest absolute Gasteiger partial charge is 0.495 e. The number of methoxy groups -OCH3 is 1. The topological polar surface area (TPSA) is 85.2 Å². The Morgan fingerprint density at radius 3 is 2.54 bits per heavy atom. The van der Waals surface area contributed by atoms with Crippen LogP contribution in [-0.4, -0.2) is 35.2 Å². The molecule has 7 heteroatoms. The second kappa shape index (κ2) is 9.39. The molecule has 1 heterocycles. The van der Waals surface area contributed by atoms with Gasteiger partial charge in [-0.25, -0.2) is 0 Å². The van der Waals surface area contributed by atoms with Gasteiger partial charge < -0.3 is 15.4 Å². The molecule has 0 atom stereocenters. The van der Waals surface area contributed by atoms with E-state index in [9.17, 15) is 9.59 Å². The zero-order valence-electron chi connectivity index (χ0n) is 17.5. The Balaban J connectivity index is 1.93. The predicted octanol–water partition coefficient (Wildman–Crippen LogP) is 2.77. The number of hydrogen-bond acceptors (Lipinski definition) is 4. The summed E-state index contributed by atoms with van der Waals surface area (Å²) in [7, 11) is 1.55. The van der Waals surface area contributed by atoms with Gasteiger partial charge in [0.1, 0.15) is 5.75 Å². The number of amides is 2. The first-order chi connectivity index (χ1) is 13.2. The molecule has 0 radical (unpaired) electrons. The normalized spacial score (nSPS) is 10.8. The quantitative estimate of drug-likeness (QED) is 0.731. The van der Waals surface area contributed by atoms with Gasteiger partial charge in [-0.1, -0.05) is 19.9 Å². The first kappa shape index (κ1) is 21.5. The maximum Gasteiger partial charge on any atom is 0.243 e. The lowest BCUT2D eigenvalue weighted by Gasteiger charge is -2.11. The number of hydrogen-bond donors (Lipinski definition) is 2. The second-order valence-electron chi connectivity index (χ2n) is 7.43. The Labute approximate surface area is 166 Å². The zero-order valence-corrected chi connectivity index (χ0v) is 17.5. The van der Waals surface area contributed by atoms with Crippen molar-refractivity contribution >= 4 is 17.5 Å². The van der Waals surface area contributed by atoms with Crippen molar-refractivity contribution in [2.75, 3.05) is 19.0 Å². The molecule has 0 bridgehead atoms. The molecule has 0 unspecified atom stereocenters. The maximum atomic E-state index is 12.3. The summed E-state index contributed by atoms with van der Waals surface area (Å²) in [5.41, 5.74) is 4.35. The van der Waals surface area contributed by atoms with Crippen LogP contribution in [0.15, 0.2) is 18.2 Å². The Hall–Kier alpha value is -2.83. The van der Waals surface area contributed by atoms with Gasteiger partial charge in [0.25, 0.3) is 0 Å². The van der Waals surface area contributed by atoms with Crippen molar-refractivity contribution in [3.05, 3.63) is 40.7 Å². The molecule has 7 nitrogen and oxygen atoms in total. The van der Waals surface area contributed by atoms with E-state index in [2.05, 4.69) is 29.6 Å². The molecule has 28 heavy (non-hydrogen) atoms. The molecule has 2 amide bonds. The number of aryl methyl sites for hydroxylation is 2. The number of benzene rings is 1. The van der Waals surface area contributed by atoms with Crippen molar-refractivity contribution in [3.63, 3.8) is 0 Å². The number of ether oxygens (including phenoxy) is 1. The molecule has 0 aliphatic rings. The Morgan fingerprint density at radius 1 is 1.18 bits per heavy atom. The molecule has 0 saturated carbocycles. The van der Waals surface area contributed by atoms with Gasteiger partial charge >= 0.3 is 0 Å². The monoisotopic (exact) mass is 386 g/mol. The van der Waals surface area contributed by atoms with Gasteiger partial charge in [0.15, 0.2) is 0 Å². The fourth-order valence-electron chi connectivity index (χ4n) is 3.03. The maximum absolute atomic E-state index is 12.3. The van der Waals surface area contributed by atoms with Gasteiger partial charge in [0, 0.05) is 17.8 Å². The van der Waals surface area contributed by atoms with E-state index >= 15 is 0 Å². The molecule has 2 rings (SSSR count). The van der Waals surface area contributed by atoms with Crippen LogP contribution < -0.4 is 15.4 Å². The third-order valence-corrected chi connectivity index (χ3v) is 4.48. The van der Waals surface area contributed by atoms with Gasteiger partial charge in [-0.3, -0.25) is 14.3 Å². The van der Waals surface area contributed by atoms with Crippen molar-refractivity contribution in [1.82, 2.24) is 15.1 Å². The van der Waals surface area contributed by atoms with Crippen LogP contribution in [0.5, 0.6) is 5.75 Å². The van der Waals surface area contributed by atoms with Gasteiger partial charge in [0.05, 0.1) is 31.5 Å². The summed E-state index contributed by atoms with van der Waals surface area (Å²) < 4.78 is 7.19. The van der Waals surface area contributed by atoms with Crippen molar-refractivity contribution in [1.29, 1.82) is 0 Å². The summed E-state index contributed by atoms with van der Waals surface area (Å²) in [5.74, 6) is 0.541. The van der Waals surface area contributed by atoms with E-state index in [4.69, 9.17) is 4.74 Å². The average Bonchev–Trinajstić information content (AvgIpc) is 2.87. The summed E-state index contributed by atoms with van der Waals surface area (Å²) in [4.78, 5) is 24.5. The number of anilines is 1. The van der Waals surface area contributed by atoms with Crippen LogP contribution in [0, 0.1) is 26.7 Å². The van der Waals surface area contributed by atoms with Crippen LogP contribution in [0.3, 0.4) is 0 Å². The average molecular weight is 386 g/mol. The minimum absolute atomic E-state index is 0.103. The summed E-state index contributed by atoms with van der Waals surface area (Å²) in [6, 6.07) is 5.53. The highest BCUT2D eigenvalue weighted by atomic mass is 16.5. The number of rotatable bonds is 8. The summed E-state index contributed by atoms with van der Waals surface area (Å²) in [5, 5.41) is 9.98. The lowest BCUT2D eigenvalue weighted by Crippen LogP contribution is -2.34. The lowest BCUT2D eigenvalue weighted by molar-refractivity contribution is -0.123. The third kappa shape index (κ3) is 5.58. The molecule has 0 fully saturated rings. The highest BCUT2D eigenvalue weighted by Crippen LogP contribution is 2.25. The number of nitrogens with zero attached hydrogens (tertiary/aromatic N) is 2. The number of carbonyl (C=O) groups is 2. The fraction of sp³-hybridized carbons (Fsp3) is 0.476. The summed E-state index contributed by atoms with van der Waals surface area (Å²) in [6.07, 6.45) is 0.205. The molecular formula is C21H30N4O3. The van der Waals surface area contributed by atoms with Crippen LogP contribution >= 0.6 is 0 Å². The van der Waals surface area contributed by atoms with Crippen LogP contribution in [0.25, 0.3) is 0 Å². The molecule has 0 aliphatic heterocycles. The highest BCUT2D eigenvalue weighted by Gasteiger charge is 2.16. The van der Waals surface area contributed by atoms with Crippen LogP contribution in [-0.2, 0) is 22.6 Å². The number of aromatic nitrogens is 2. The van der Waals surface area contributed by atoms with E-state index in [1.54, 1.807) is 13.2 Å². The van der Waals surface area contributed by atoms with E-state index in [-0.39, 0.29) is 24.8 Å². The van der Waals surface area contributed by atoms with Crippen molar-refractivity contribution in [2.24, 2.45) is 5.92 Å². The molecule has 152 valence electrons. The molecule has 0 saturated heterocycles. The van der Waals surface area contributed by atoms with Gasteiger partial charge in [-0.15, -0.1) is 0 Å². The Bertz CT molecular complexity index is 856. The van der Waals surface area contributed by atoms with Crippen LogP contribution in [0.2, 0.25) is 0 Å². The molecule has 2 aromatic rings. The highest BCUT2D eigenvalue weighted by molar-refractivity contribution is 5.96. The molecule has 0 spiro atoms. The number of carbonyl (C=O) groups excluding carboxylic acids is 2. The van der Waals surface area contributed by atoms with Crippen LogP contribution in [0.4, 0.5) is 5.69 Å². The van der Waals surface area contributed by atoms with E-state index < -0.39 is 0 Å². The molecular weight excluding hydrogens is 356 g/mol. The second-order valence-corrected chi connectivity index (χ2v) is 7.43.